The fourth-order valence-electron chi connectivity index (χ4n) is 3.65. The van der Waals surface area contributed by atoms with Crippen LogP contribution >= 0.6 is 23.1 Å². The van der Waals surface area contributed by atoms with Crippen molar-refractivity contribution in [1.29, 1.82) is 0 Å². The lowest BCUT2D eigenvalue weighted by Crippen LogP contribution is -2.13. The highest BCUT2D eigenvalue weighted by Crippen LogP contribution is 2.30. The molecule has 5 rings (SSSR count). The number of nitrogens with one attached hydrogen (secondary N) is 2. The summed E-state index contributed by atoms with van der Waals surface area (Å²) in [6, 6.07) is 13.4. The van der Waals surface area contributed by atoms with Crippen molar-refractivity contribution >= 4 is 56.0 Å². The molecule has 0 aliphatic heterocycles. The number of thiophene rings is 1. The lowest BCUT2D eigenvalue weighted by Gasteiger charge is -2.08. The van der Waals surface area contributed by atoms with Crippen LogP contribution < -0.4 is 10.9 Å². The molecule has 0 radical (unpaired) electrons. The molecule has 7 nitrogen and oxygen atoms in total. The van der Waals surface area contributed by atoms with Gasteiger partial charge in [-0.05, 0) is 50.1 Å². The van der Waals surface area contributed by atoms with E-state index in [0.717, 1.165) is 22.3 Å². The molecule has 5 aromatic rings. The number of rotatable bonds is 5. The van der Waals surface area contributed by atoms with Crippen LogP contribution in [0.15, 0.2) is 56.9 Å². The van der Waals surface area contributed by atoms with Crippen LogP contribution in [0.5, 0.6) is 0 Å². The summed E-state index contributed by atoms with van der Waals surface area (Å²) in [5, 5.41) is 3.91. The van der Waals surface area contributed by atoms with E-state index in [9.17, 15) is 9.59 Å². The summed E-state index contributed by atoms with van der Waals surface area (Å²) in [4.78, 5) is 38.6. The average molecular weight is 477 g/mol. The van der Waals surface area contributed by atoms with Crippen LogP contribution in [-0.2, 0) is 5.75 Å². The van der Waals surface area contributed by atoms with Gasteiger partial charge in [-0.2, -0.15) is 0 Å². The normalized spacial score (nSPS) is 11.4. The van der Waals surface area contributed by atoms with Gasteiger partial charge in [-0.15, -0.1) is 11.3 Å². The number of thioether (sulfide) groups is 1. The van der Waals surface area contributed by atoms with Gasteiger partial charge in [-0.25, -0.2) is 9.97 Å². The van der Waals surface area contributed by atoms with Gasteiger partial charge in [0.05, 0.1) is 16.0 Å². The Balaban J connectivity index is 1.40. The molecule has 0 spiro atoms. The van der Waals surface area contributed by atoms with Gasteiger partial charge in [0, 0.05) is 5.69 Å². The second-order valence-corrected chi connectivity index (χ2v) is 9.68. The fraction of sp³-hybridized carbons (Fsp3) is 0.167. The Kier molecular flexibility index (Phi) is 5.51. The number of para-hydroxylation sites is 2. The second-order valence-electron chi connectivity index (χ2n) is 7.76. The minimum atomic E-state index is -0.257. The van der Waals surface area contributed by atoms with Crippen molar-refractivity contribution in [2.45, 2.75) is 31.7 Å². The first-order chi connectivity index (χ1) is 15.9. The standard InChI is InChI=1S/C24H20N4O3S2/c1-12-8-9-15(13(2)10-12)25-22(30)20-14(3)19-21(29)27-18(28-23(19)33-20)11-32-24-26-16-6-4-5-7-17(16)31-24/h4-10H,11H2,1-3H3,(H,25,30)(H,27,28,29). The van der Waals surface area contributed by atoms with Crippen molar-refractivity contribution in [1.82, 2.24) is 15.0 Å². The predicted octanol–water partition coefficient (Wildman–Crippen LogP) is 5.60. The zero-order valence-corrected chi connectivity index (χ0v) is 19.8. The molecule has 0 saturated carbocycles. The van der Waals surface area contributed by atoms with E-state index in [-0.39, 0.29) is 11.5 Å². The Hall–Kier alpha value is -3.43. The summed E-state index contributed by atoms with van der Waals surface area (Å²) in [6.07, 6.45) is 0. The van der Waals surface area contributed by atoms with E-state index < -0.39 is 0 Å². The predicted molar refractivity (Wildman–Crippen MR) is 132 cm³/mol. The quantitative estimate of drug-likeness (QED) is 0.321. The van der Waals surface area contributed by atoms with E-state index in [1.807, 2.05) is 56.3 Å². The lowest BCUT2D eigenvalue weighted by atomic mass is 10.1. The SMILES string of the molecule is Cc1ccc(NC(=O)c2sc3nc(CSc4nc5ccccc5o4)[nH]c(=O)c3c2C)c(C)c1. The Morgan fingerprint density at radius 3 is 2.76 bits per heavy atom. The van der Waals surface area contributed by atoms with Crippen LogP contribution in [-0.4, -0.2) is 20.9 Å². The van der Waals surface area contributed by atoms with E-state index >= 15 is 0 Å². The van der Waals surface area contributed by atoms with Gasteiger partial charge in [0.15, 0.2) is 5.58 Å². The number of nitrogens with zero attached hydrogens (tertiary/aromatic N) is 2. The number of hydrogen-bond donors (Lipinski definition) is 2. The van der Waals surface area contributed by atoms with Crippen molar-refractivity contribution < 1.29 is 9.21 Å². The van der Waals surface area contributed by atoms with Crippen LogP contribution in [0, 0.1) is 20.8 Å². The van der Waals surface area contributed by atoms with Crippen LogP contribution in [0.3, 0.4) is 0 Å². The molecule has 2 aromatic carbocycles. The number of carbonyl (C=O) groups excluding carboxylic acids is 1. The van der Waals surface area contributed by atoms with Crippen molar-refractivity contribution in [3.8, 4) is 0 Å². The fourth-order valence-corrected chi connectivity index (χ4v) is 5.45. The number of hydrogen-bond acceptors (Lipinski definition) is 7. The monoisotopic (exact) mass is 476 g/mol. The molecule has 9 heteroatoms. The average Bonchev–Trinajstić information content (AvgIpc) is 3.35. The highest BCUT2D eigenvalue weighted by atomic mass is 32.2. The third-order valence-electron chi connectivity index (χ3n) is 5.29. The molecule has 0 atom stereocenters. The Morgan fingerprint density at radius 1 is 1.15 bits per heavy atom. The molecule has 0 saturated heterocycles. The van der Waals surface area contributed by atoms with Gasteiger partial charge >= 0.3 is 0 Å². The molecule has 3 heterocycles. The number of H-pyrrole nitrogens is 1. The molecule has 3 aromatic heterocycles. The molecule has 0 bridgehead atoms. The van der Waals surface area contributed by atoms with E-state index in [0.29, 0.717) is 43.0 Å². The maximum absolute atomic E-state index is 13.0. The first-order valence-electron chi connectivity index (χ1n) is 10.3. The van der Waals surface area contributed by atoms with Crippen molar-refractivity contribution in [2.75, 3.05) is 5.32 Å². The summed E-state index contributed by atoms with van der Waals surface area (Å²) in [5.74, 6) is 0.644. The lowest BCUT2D eigenvalue weighted by molar-refractivity contribution is 0.103. The Bertz CT molecular complexity index is 1550. The maximum atomic E-state index is 13.0. The molecule has 0 aliphatic rings. The van der Waals surface area contributed by atoms with Crippen LogP contribution in [0.25, 0.3) is 21.3 Å². The number of oxazole rings is 1. The zero-order valence-electron chi connectivity index (χ0n) is 18.2. The molecule has 0 aliphatic carbocycles. The molecule has 2 N–H and O–H groups in total. The first kappa shape index (κ1) is 21.4. The molecular formula is C24H20N4O3S2. The van der Waals surface area contributed by atoms with Crippen LogP contribution in [0.2, 0.25) is 0 Å². The number of aromatic nitrogens is 3. The second kappa shape index (κ2) is 8.49. The van der Waals surface area contributed by atoms with Gasteiger partial charge in [0.25, 0.3) is 16.7 Å². The highest BCUT2D eigenvalue weighted by Gasteiger charge is 2.20. The van der Waals surface area contributed by atoms with Gasteiger partial charge < -0.3 is 14.7 Å². The largest absolute Gasteiger partial charge is 0.431 e. The van der Waals surface area contributed by atoms with Gasteiger partial charge in [0.2, 0.25) is 0 Å². The van der Waals surface area contributed by atoms with Gasteiger partial charge in [0.1, 0.15) is 16.2 Å². The number of carbonyl (C=O) groups is 1. The molecule has 0 fully saturated rings. The van der Waals surface area contributed by atoms with Crippen molar-refractivity contribution in [3.63, 3.8) is 0 Å². The van der Waals surface area contributed by atoms with Crippen molar-refractivity contribution in [3.05, 3.63) is 80.2 Å². The minimum absolute atomic E-state index is 0.246. The number of anilines is 1. The van der Waals surface area contributed by atoms with Gasteiger partial charge in [-0.1, -0.05) is 41.6 Å². The van der Waals surface area contributed by atoms with E-state index in [1.54, 1.807) is 6.92 Å². The summed E-state index contributed by atoms with van der Waals surface area (Å²) < 4.78 is 5.72. The number of amides is 1. The van der Waals surface area contributed by atoms with E-state index in [1.165, 1.54) is 23.1 Å². The van der Waals surface area contributed by atoms with Gasteiger partial charge in [-0.3, -0.25) is 9.59 Å². The smallest absolute Gasteiger partial charge is 0.266 e. The summed E-state index contributed by atoms with van der Waals surface area (Å²) in [5.41, 5.74) is 4.73. The third kappa shape index (κ3) is 4.17. The molecule has 1 amide bonds. The van der Waals surface area contributed by atoms with E-state index in [4.69, 9.17) is 4.42 Å². The van der Waals surface area contributed by atoms with Crippen LogP contribution in [0.4, 0.5) is 5.69 Å². The molecular weight excluding hydrogens is 456 g/mol. The number of benzene rings is 2. The number of aryl methyl sites for hydroxylation is 3. The summed E-state index contributed by atoms with van der Waals surface area (Å²) >= 11 is 2.58. The van der Waals surface area contributed by atoms with Crippen LogP contribution in [0.1, 0.15) is 32.2 Å². The topological polar surface area (TPSA) is 101 Å². The molecule has 33 heavy (non-hydrogen) atoms. The third-order valence-corrected chi connectivity index (χ3v) is 7.32. The van der Waals surface area contributed by atoms with Crippen molar-refractivity contribution in [2.24, 2.45) is 0 Å². The minimum Gasteiger partial charge on any atom is -0.431 e. The Morgan fingerprint density at radius 2 is 1.97 bits per heavy atom. The highest BCUT2D eigenvalue weighted by molar-refractivity contribution is 7.98. The van der Waals surface area contributed by atoms with E-state index in [2.05, 4.69) is 20.3 Å². The Labute approximate surface area is 197 Å². The summed E-state index contributed by atoms with van der Waals surface area (Å²) in [7, 11) is 0. The zero-order chi connectivity index (χ0) is 23.1. The molecule has 166 valence electrons. The maximum Gasteiger partial charge on any atom is 0.266 e. The number of fused-ring (bicyclic) bond motifs is 2. The number of aromatic amines is 1. The molecule has 0 unspecified atom stereocenters. The summed E-state index contributed by atoms with van der Waals surface area (Å²) in [6.45, 7) is 5.74. The first-order valence-corrected chi connectivity index (χ1v) is 12.1.